The van der Waals surface area contributed by atoms with Gasteiger partial charge in [0.25, 0.3) is 0 Å². The zero-order valence-corrected chi connectivity index (χ0v) is 15.2. The number of rotatable bonds is 5. The van der Waals surface area contributed by atoms with Crippen molar-refractivity contribution in [2.45, 2.75) is 6.92 Å². The molecule has 0 saturated heterocycles. The van der Waals surface area contributed by atoms with Gasteiger partial charge in [0.2, 0.25) is 11.9 Å². The molecule has 0 bridgehead atoms. The van der Waals surface area contributed by atoms with Crippen LogP contribution in [0.25, 0.3) is 22.5 Å². The molecule has 1 heterocycles. The van der Waals surface area contributed by atoms with Gasteiger partial charge in [-0.3, -0.25) is 10.1 Å². The Bertz CT molecular complexity index is 909. The summed E-state index contributed by atoms with van der Waals surface area (Å²) in [6.07, 6.45) is 0. The monoisotopic (exact) mass is 367 g/mol. The summed E-state index contributed by atoms with van der Waals surface area (Å²) in [5.41, 5.74) is 4.41. The number of hydrogen-bond donors (Lipinski definition) is 1. The van der Waals surface area contributed by atoms with Crippen LogP contribution in [0.15, 0.2) is 54.6 Å². The van der Waals surface area contributed by atoms with Crippen molar-refractivity contribution in [3.8, 4) is 28.3 Å². The van der Waals surface area contributed by atoms with Crippen LogP contribution in [0.4, 0.5) is 5.95 Å². The first-order chi connectivity index (χ1) is 12.6. The fourth-order valence-electron chi connectivity index (χ4n) is 2.44. The van der Waals surface area contributed by atoms with E-state index < -0.39 is 0 Å². The summed E-state index contributed by atoms with van der Waals surface area (Å²) in [6, 6.07) is 17.4. The first-order valence-electron chi connectivity index (χ1n) is 8.05. The van der Waals surface area contributed by atoms with Gasteiger partial charge in [0.15, 0.2) is 0 Å². The zero-order valence-electron chi connectivity index (χ0n) is 14.5. The van der Waals surface area contributed by atoms with Crippen LogP contribution in [0.3, 0.4) is 0 Å². The smallest absolute Gasteiger partial charge is 0.241 e. The van der Waals surface area contributed by atoms with Crippen LogP contribution in [-0.4, -0.2) is 28.9 Å². The molecule has 132 valence electrons. The minimum atomic E-state index is -0.353. The van der Waals surface area contributed by atoms with Crippen molar-refractivity contribution in [1.82, 2.24) is 9.97 Å². The molecule has 0 aliphatic carbocycles. The summed E-state index contributed by atoms with van der Waals surface area (Å²) in [6.45, 7) is 2.03. The van der Waals surface area contributed by atoms with Gasteiger partial charge < -0.3 is 4.74 Å². The Morgan fingerprint density at radius 1 is 1.00 bits per heavy atom. The second-order valence-corrected chi connectivity index (χ2v) is 6.01. The number of aromatic nitrogens is 2. The van der Waals surface area contributed by atoms with Crippen LogP contribution in [-0.2, 0) is 4.79 Å². The molecule has 0 saturated carbocycles. The molecular formula is C20H18ClN3O2. The second-order valence-electron chi connectivity index (χ2n) is 5.74. The lowest BCUT2D eigenvalue weighted by molar-refractivity contribution is -0.114. The number of nitrogens with one attached hydrogen (secondary N) is 1. The topological polar surface area (TPSA) is 64.1 Å². The lowest BCUT2D eigenvalue weighted by atomic mass is 10.1. The van der Waals surface area contributed by atoms with Gasteiger partial charge >= 0.3 is 0 Å². The molecular weight excluding hydrogens is 350 g/mol. The summed E-state index contributed by atoms with van der Waals surface area (Å²) in [4.78, 5) is 20.6. The molecule has 5 nitrogen and oxygen atoms in total. The molecule has 0 aliphatic rings. The quantitative estimate of drug-likeness (QED) is 0.683. The first-order valence-corrected chi connectivity index (χ1v) is 8.59. The molecule has 26 heavy (non-hydrogen) atoms. The van der Waals surface area contributed by atoms with Crippen molar-refractivity contribution in [3.63, 3.8) is 0 Å². The van der Waals surface area contributed by atoms with E-state index in [2.05, 4.69) is 15.3 Å². The maximum atomic E-state index is 11.7. The fourth-order valence-corrected chi connectivity index (χ4v) is 2.51. The van der Waals surface area contributed by atoms with Gasteiger partial charge in [-0.25, -0.2) is 9.97 Å². The predicted octanol–water partition coefficient (Wildman–Crippen LogP) is 4.30. The van der Waals surface area contributed by atoms with E-state index in [0.717, 1.165) is 28.1 Å². The minimum absolute atomic E-state index is 0.157. The van der Waals surface area contributed by atoms with Gasteiger partial charge in [-0.05, 0) is 37.3 Å². The summed E-state index contributed by atoms with van der Waals surface area (Å²) in [5.74, 6) is 0.473. The van der Waals surface area contributed by atoms with Crippen molar-refractivity contribution in [3.05, 3.63) is 60.2 Å². The maximum Gasteiger partial charge on any atom is 0.241 e. The van der Waals surface area contributed by atoms with E-state index in [1.165, 1.54) is 0 Å². The number of methoxy groups -OCH3 is 1. The Morgan fingerprint density at radius 2 is 1.54 bits per heavy atom. The number of anilines is 1. The van der Waals surface area contributed by atoms with Gasteiger partial charge in [-0.2, -0.15) is 0 Å². The summed E-state index contributed by atoms with van der Waals surface area (Å²) in [7, 11) is 1.62. The molecule has 0 unspecified atom stereocenters. The largest absolute Gasteiger partial charge is 0.497 e. The molecule has 1 N–H and O–H groups in total. The Hall–Kier alpha value is -2.92. The van der Waals surface area contributed by atoms with Crippen LogP contribution in [0.5, 0.6) is 5.75 Å². The van der Waals surface area contributed by atoms with E-state index in [1.54, 1.807) is 7.11 Å². The van der Waals surface area contributed by atoms with E-state index in [9.17, 15) is 4.79 Å². The Labute approximate surface area is 157 Å². The van der Waals surface area contributed by atoms with Crippen LogP contribution in [0.2, 0.25) is 0 Å². The van der Waals surface area contributed by atoms with Gasteiger partial charge in [-0.1, -0.05) is 29.8 Å². The Balaban J connectivity index is 2.06. The van der Waals surface area contributed by atoms with Crippen molar-refractivity contribution in [1.29, 1.82) is 0 Å². The molecule has 0 spiro atoms. The lowest BCUT2D eigenvalue weighted by Crippen LogP contribution is -2.15. The molecule has 0 radical (unpaired) electrons. The van der Waals surface area contributed by atoms with Crippen LogP contribution in [0, 0.1) is 6.92 Å². The average Bonchev–Trinajstić information content (AvgIpc) is 2.68. The van der Waals surface area contributed by atoms with E-state index in [4.69, 9.17) is 16.3 Å². The Kier molecular flexibility index (Phi) is 5.49. The van der Waals surface area contributed by atoms with Crippen molar-refractivity contribution in [2.24, 2.45) is 0 Å². The number of amides is 1. The normalized spacial score (nSPS) is 10.4. The molecule has 3 aromatic rings. The van der Waals surface area contributed by atoms with Gasteiger partial charge in [0, 0.05) is 11.1 Å². The van der Waals surface area contributed by atoms with Gasteiger partial charge in [-0.15, -0.1) is 11.6 Å². The molecule has 3 rings (SSSR count). The zero-order chi connectivity index (χ0) is 18.5. The van der Waals surface area contributed by atoms with Crippen molar-refractivity contribution < 1.29 is 9.53 Å². The number of ether oxygens (including phenoxy) is 1. The van der Waals surface area contributed by atoms with Crippen LogP contribution in [0.1, 0.15) is 5.56 Å². The number of carbonyl (C=O) groups is 1. The number of halogens is 1. The standard InChI is InChI=1S/C20H18ClN3O2/c1-13-3-5-14(6-4-13)17-11-18(15-7-9-16(26-2)10-8-15)23-20(22-17)24-19(25)12-21/h3-11H,12H2,1-2H3,(H,22,23,24,25). The number of nitrogens with zero attached hydrogens (tertiary/aromatic N) is 2. The molecule has 0 fully saturated rings. The molecule has 0 atom stereocenters. The molecule has 0 aliphatic heterocycles. The maximum absolute atomic E-state index is 11.7. The van der Waals surface area contributed by atoms with Gasteiger partial charge in [0.1, 0.15) is 11.6 Å². The summed E-state index contributed by atoms with van der Waals surface area (Å²) in [5, 5.41) is 2.63. The third-order valence-electron chi connectivity index (χ3n) is 3.83. The highest BCUT2D eigenvalue weighted by Crippen LogP contribution is 2.26. The predicted molar refractivity (Wildman–Crippen MR) is 104 cm³/mol. The molecule has 1 amide bonds. The average molecular weight is 368 g/mol. The molecule has 6 heteroatoms. The SMILES string of the molecule is COc1ccc(-c2cc(-c3ccc(C)cc3)nc(NC(=O)CCl)n2)cc1. The van der Waals surface area contributed by atoms with E-state index in [-0.39, 0.29) is 17.7 Å². The highest BCUT2D eigenvalue weighted by atomic mass is 35.5. The van der Waals surface area contributed by atoms with Crippen molar-refractivity contribution >= 4 is 23.5 Å². The molecule has 1 aromatic heterocycles. The number of hydrogen-bond acceptors (Lipinski definition) is 4. The van der Waals surface area contributed by atoms with Gasteiger partial charge in [0.05, 0.1) is 18.5 Å². The third-order valence-corrected chi connectivity index (χ3v) is 4.07. The summed E-state index contributed by atoms with van der Waals surface area (Å²) >= 11 is 5.58. The number of carbonyl (C=O) groups excluding carboxylic acids is 1. The number of benzene rings is 2. The second kappa shape index (κ2) is 7.97. The summed E-state index contributed by atoms with van der Waals surface area (Å²) < 4.78 is 5.20. The van der Waals surface area contributed by atoms with Crippen LogP contribution < -0.4 is 10.1 Å². The van der Waals surface area contributed by atoms with Crippen LogP contribution >= 0.6 is 11.6 Å². The highest BCUT2D eigenvalue weighted by Gasteiger charge is 2.11. The number of alkyl halides is 1. The molecule has 2 aromatic carbocycles. The first kappa shape index (κ1) is 17.9. The lowest BCUT2D eigenvalue weighted by Gasteiger charge is -2.10. The fraction of sp³-hybridized carbons (Fsp3) is 0.150. The number of aryl methyl sites for hydroxylation is 1. The van der Waals surface area contributed by atoms with E-state index >= 15 is 0 Å². The Morgan fingerprint density at radius 3 is 2.04 bits per heavy atom. The van der Waals surface area contributed by atoms with E-state index in [1.807, 2.05) is 61.5 Å². The van der Waals surface area contributed by atoms with E-state index in [0.29, 0.717) is 5.69 Å². The minimum Gasteiger partial charge on any atom is -0.497 e. The highest BCUT2D eigenvalue weighted by molar-refractivity contribution is 6.28. The third kappa shape index (κ3) is 4.18. The van der Waals surface area contributed by atoms with Crippen molar-refractivity contribution in [2.75, 3.05) is 18.3 Å².